The fourth-order valence-corrected chi connectivity index (χ4v) is 3.57. The molecule has 17 heavy (non-hydrogen) atoms. The van der Waals surface area contributed by atoms with Crippen LogP contribution in [0.15, 0.2) is 29.4 Å². The summed E-state index contributed by atoms with van der Waals surface area (Å²) in [6.07, 6.45) is 1.92. The van der Waals surface area contributed by atoms with Gasteiger partial charge in [0.2, 0.25) is 0 Å². The minimum atomic E-state index is -1.01. The fraction of sp³-hybridized carbons (Fsp3) is 0.417. The highest BCUT2D eigenvalue weighted by molar-refractivity contribution is 7.85. The second-order valence-corrected chi connectivity index (χ2v) is 5.95. The molecule has 0 bridgehead atoms. The lowest BCUT2D eigenvalue weighted by Crippen LogP contribution is -2.33. The first-order valence-electron chi connectivity index (χ1n) is 5.90. The Morgan fingerprint density at radius 1 is 1.24 bits per heavy atom. The lowest BCUT2D eigenvalue weighted by molar-refractivity contribution is 0.518. The van der Waals surface area contributed by atoms with Crippen LogP contribution in [-0.4, -0.2) is 32.5 Å². The molecule has 0 spiro atoms. The molecule has 0 radical (unpaired) electrons. The van der Waals surface area contributed by atoms with Gasteiger partial charge in [-0.1, -0.05) is 12.1 Å². The molecule has 1 saturated heterocycles. The third-order valence-corrected chi connectivity index (χ3v) is 4.80. The zero-order valence-corrected chi connectivity index (χ0v) is 10.3. The topological polar surface area (TPSA) is 57.8 Å². The van der Waals surface area contributed by atoms with E-state index in [2.05, 4.69) is 15.3 Å². The molecule has 1 aromatic heterocycles. The second-order valence-electron chi connectivity index (χ2n) is 4.31. The molecule has 0 saturated carbocycles. The summed E-state index contributed by atoms with van der Waals surface area (Å²) in [5.41, 5.74) is 1.86. The van der Waals surface area contributed by atoms with Gasteiger partial charge in [0.25, 0.3) is 0 Å². The summed E-state index contributed by atoms with van der Waals surface area (Å²) in [5, 5.41) is 4.14. The van der Waals surface area contributed by atoms with Crippen molar-refractivity contribution in [3.8, 4) is 0 Å². The minimum Gasteiger partial charge on any atom is -0.331 e. The van der Waals surface area contributed by atoms with Gasteiger partial charge < -0.3 is 10.3 Å². The van der Waals surface area contributed by atoms with Gasteiger partial charge in [0.15, 0.2) is 5.16 Å². The van der Waals surface area contributed by atoms with Crippen molar-refractivity contribution >= 4 is 21.8 Å². The van der Waals surface area contributed by atoms with Gasteiger partial charge in [-0.2, -0.15) is 0 Å². The molecular formula is C12H15N3OS. The van der Waals surface area contributed by atoms with E-state index in [1.54, 1.807) is 0 Å². The van der Waals surface area contributed by atoms with Crippen LogP contribution in [0.3, 0.4) is 0 Å². The fourth-order valence-electron chi connectivity index (χ4n) is 2.19. The number of hydrogen-bond acceptors (Lipinski definition) is 3. The molecule has 0 aliphatic carbocycles. The van der Waals surface area contributed by atoms with Crippen molar-refractivity contribution in [2.75, 3.05) is 13.1 Å². The van der Waals surface area contributed by atoms with Crippen molar-refractivity contribution in [3.05, 3.63) is 24.3 Å². The number of para-hydroxylation sites is 2. The molecular weight excluding hydrogens is 234 g/mol. The molecule has 4 nitrogen and oxygen atoms in total. The SMILES string of the molecule is O=S(c1nc2ccccc2[nH]1)C1CCNCC1. The van der Waals surface area contributed by atoms with Crippen LogP contribution in [0.25, 0.3) is 11.0 Å². The molecule has 1 aliphatic heterocycles. The van der Waals surface area contributed by atoms with Gasteiger partial charge >= 0.3 is 0 Å². The zero-order chi connectivity index (χ0) is 11.7. The number of aromatic amines is 1. The van der Waals surface area contributed by atoms with E-state index in [4.69, 9.17) is 0 Å². The van der Waals surface area contributed by atoms with Crippen molar-refractivity contribution in [2.24, 2.45) is 0 Å². The Kier molecular flexibility index (Phi) is 2.94. The van der Waals surface area contributed by atoms with Gasteiger partial charge in [0.05, 0.1) is 21.8 Å². The lowest BCUT2D eigenvalue weighted by Gasteiger charge is -2.20. The molecule has 90 valence electrons. The quantitative estimate of drug-likeness (QED) is 0.846. The first-order valence-corrected chi connectivity index (χ1v) is 7.12. The van der Waals surface area contributed by atoms with E-state index in [-0.39, 0.29) is 5.25 Å². The lowest BCUT2D eigenvalue weighted by atomic mass is 10.2. The summed E-state index contributed by atoms with van der Waals surface area (Å²) in [4.78, 5) is 7.57. The van der Waals surface area contributed by atoms with Crippen LogP contribution in [0.2, 0.25) is 0 Å². The highest BCUT2D eigenvalue weighted by atomic mass is 32.2. The Labute approximate surface area is 102 Å². The predicted molar refractivity (Wildman–Crippen MR) is 68.4 cm³/mol. The van der Waals surface area contributed by atoms with Gasteiger partial charge in [-0.15, -0.1) is 0 Å². The highest BCUT2D eigenvalue weighted by Crippen LogP contribution is 2.19. The summed E-state index contributed by atoms with van der Waals surface area (Å²) in [6, 6.07) is 7.80. The Morgan fingerprint density at radius 2 is 2.00 bits per heavy atom. The Balaban J connectivity index is 1.89. The van der Waals surface area contributed by atoms with Gasteiger partial charge in [-0.25, -0.2) is 4.98 Å². The van der Waals surface area contributed by atoms with E-state index in [9.17, 15) is 4.21 Å². The number of imidazole rings is 1. The summed E-state index contributed by atoms with van der Waals surface area (Å²) in [5.74, 6) is 0. The molecule has 1 atom stereocenters. The average Bonchev–Trinajstić information content (AvgIpc) is 2.82. The summed E-state index contributed by atoms with van der Waals surface area (Å²) >= 11 is 0. The molecule has 1 aliphatic rings. The number of fused-ring (bicyclic) bond motifs is 1. The highest BCUT2D eigenvalue weighted by Gasteiger charge is 2.23. The number of benzene rings is 1. The Bertz CT molecular complexity index is 512. The van der Waals surface area contributed by atoms with Crippen molar-refractivity contribution in [2.45, 2.75) is 23.2 Å². The van der Waals surface area contributed by atoms with Gasteiger partial charge in [-0.3, -0.25) is 4.21 Å². The first kappa shape index (κ1) is 10.9. The van der Waals surface area contributed by atoms with Crippen LogP contribution in [-0.2, 0) is 10.8 Å². The maximum Gasteiger partial charge on any atom is 0.197 e. The number of nitrogens with zero attached hydrogens (tertiary/aromatic N) is 1. The van der Waals surface area contributed by atoms with Crippen molar-refractivity contribution in [3.63, 3.8) is 0 Å². The van der Waals surface area contributed by atoms with Gasteiger partial charge in [0, 0.05) is 5.25 Å². The molecule has 3 rings (SSSR count). The minimum absolute atomic E-state index is 0.233. The predicted octanol–water partition coefficient (Wildman–Crippen LogP) is 1.42. The van der Waals surface area contributed by atoms with Crippen LogP contribution >= 0.6 is 0 Å². The summed E-state index contributed by atoms with van der Waals surface area (Å²) in [7, 11) is -1.01. The maximum absolute atomic E-state index is 12.4. The van der Waals surface area contributed by atoms with Crippen LogP contribution in [0.1, 0.15) is 12.8 Å². The van der Waals surface area contributed by atoms with Crippen LogP contribution in [0.5, 0.6) is 0 Å². The summed E-state index contributed by atoms with van der Waals surface area (Å²) in [6.45, 7) is 1.91. The molecule has 0 amide bonds. The van der Waals surface area contributed by atoms with Gasteiger partial charge in [0.1, 0.15) is 0 Å². The van der Waals surface area contributed by atoms with Gasteiger partial charge in [-0.05, 0) is 38.1 Å². The third kappa shape index (κ3) is 2.12. The number of aromatic nitrogens is 2. The smallest absolute Gasteiger partial charge is 0.197 e. The average molecular weight is 249 g/mol. The molecule has 2 aromatic rings. The molecule has 5 heteroatoms. The van der Waals surface area contributed by atoms with E-state index >= 15 is 0 Å². The monoisotopic (exact) mass is 249 g/mol. The third-order valence-electron chi connectivity index (χ3n) is 3.15. The van der Waals surface area contributed by atoms with E-state index in [0.29, 0.717) is 5.16 Å². The van der Waals surface area contributed by atoms with Crippen molar-refractivity contribution in [1.82, 2.24) is 15.3 Å². The van der Waals surface area contributed by atoms with Crippen LogP contribution < -0.4 is 5.32 Å². The van der Waals surface area contributed by atoms with Crippen LogP contribution in [0.4, 0.5) is 0 Å². The largest absolute Gasteiger partial charge is 0.331 e. The van der Waals surface area contributed by atoms with Crippen LogP contribution in [0, 0.1) is 0 Å². The number of hydrogen-bond donors (Lipinski definition) is 2. The number of piperidine rings is 1. The summed E-state index contributed by atoms with van der Waals surface area (Å²) < 4.78 is 12.4. The normalized spacial score (nSPS) is 19.5. The zero-order valence-electron chi connectivity index (χ0n) is 9.48. The van der Waals surface area contributed by atoms with E-state index in [1.165, 1.54) is 0 Å². The maximum atomic E-state index is 12.4. The standard InChI is InChI=1S/C12H15N3OS/c16-17(9-5-7-13-8-6-9)12-14-10-3-1-2-4-11(10)15-12/h1-4,9,13H,5-8H2,(H,14,15). The van der Waals surface area contributed by atoms with E-state index in [0.717, 1.165) is 37.0 Å². The van der Waals surface area contributed by atoms with Crippen molar-refractivity contribution < 1.29 is 4.21 Å². The van der Waals surface area contributed by atoms with Crippen molar-refractivity contribution in [1.29, 1.82) is 0 Å². The van der Waals surface area contributed by atoms with E-state index < -0.39 is 10.8 Å². The molecule has 1 fully saturated rings. The molecule has 1 unspecified atom stereocenters. The first-order chi connectivity index (χ1) is 8.34. The number of rotatable bonds is 2. The molecule has 2 N–H and O–H groups in total. The number of H-pyrrole nitrogens is 1. The Morgan fingerprint density at radius 3 is 2.76 bits per heavy atom. The number of nitrogens with one attached hydrogen (secondary N) is 2. The Hall–Kier alpha value is -1.20. The molecule has 1 aromatic carbocycles. The molecule has 2 heterocycles. The second kappa shape index (κ2) is 4.58. The van der Waals surface area contributed by atoms with E-state index in [1.807, 2.05) is 24.3 Å².